The Kier molecular flexibility index (Phi) is 28.2. The fourth-order valence-electron chi connectivity index (χ4n) is 33.0. The number of ether oxygens (including phenoxy) is 9. The molecule has 0 aromatic heterocycles. The summed E-state index contributed by atoms with van der Waals surface area (Å²) >= 11 is 0. The number of aliphatic hydroxyl groups is 3. The van der Waals surface area contributed by atoms with Gasteiger partial charge in [-0.15, -0.1) is 0 Å². The van der Waals surface area contributed by atoms with E-state index in [-0.39, 0.29) is 121 Å². The van der Waals surface area contributed by atoms with Crippen molar-refractivity contribution in [2.45, 2.75) is 437 Å². The van der Waals surface area contributed by atoms with Crippen molar-refractivity contribution in [3.05, 3.63) is 0 Å². The van der Waals surface area contributed by atoms with E-state index in [9.17, 15) is 24.9 Å². The molecule has 16 fully saturated rings. The van der Waals surface area contributed by atoms with Gasteiger partial charge in [-0.05, 0) is 306 Å². The van der Waals surface area contributed by atoms with E-state index in [1.54, 1.807) is 13.8 Å². The van der Waals surface area contributed by atoms with Crippen LogP contribution in [0, 0.1) is 113 Å². The van der Waals surface area contributed by atoms with Gasteiger partial charge in [0, 0.05) is 94.7 Å². The van der Waals surface area contributed by atoms with Crippen molar-refractivity contribution in [2.24, 2.45) is 113 Å². The van der Waals surface area contributed by atoms with Crippen molar-refractivity contribution < 1.29 is 76.4 Å². The molecular formula is C102H184N4O16Si2. The summed E-state index contributed by atoms with van der Waals surface area (Å²) in [5.41, 5.74) is -1.60. The minimum atomic E-state index is -2.05. The number of fused-ring (bicyclic) bond motifs is 8. The van der Waals surface area contributed by atoms with Gasteiger partial charge in [-0.1, -0.05) is 126 Å². The fourth-order valence-corrected chi connectivity index (χ4v) is 38.9. The molecule has 0 aromatic rings. The topological polar surface area (TPSA) is 209 Å². The summed E-state index contributed by atoms with van der Waals surface area (Å²) in [6.07, 6.45) is 16.7. The van der Waals surface area contributed by atoms with Crippen LogP contribution in [0.4, 0.5) is 9.59 Å². The van der Waals surface area contributed by atoms with Gasteiger partial charge < -0.3 is 76.6 Å². The van der Waals surface area contributed by atoms with E-state index in [1.807, 2.05) is 72.1 Å². The van der Waals surface area contributed by atoms with Crippen LogP contribution in [-0.2, 0) is 51.5 Å². The van der Waals surface area contributed by atoms with E-state index in [4.69, 9.17) is 51.5 Å². The minimum absolute atomic E-state index is 0. The molecule has 6 heterocycles. The van der Waals surface area contributed by atoms with Gasteiger partial charge in [0.2, 0.25) is 0 Å². The van der Waals surface area contributed by atoms with Crippen molar-refractivity contribution in [1.82, 2.24) is 19.6 Å². The van der Waals surface area contributed by atoms with Crippen LogP contribution < -0.4 is 0 Å². The molecule has 10 saturated carbocycles. The molecule has 0 aromatic carbocycles. The molecule has 124 heavy (non-hydrogen) atoms. The highest BCUT2D eigenvalue weighted by molar-refractivity contribution is 6.74. The lowest BCUT2D eigenvalue weighted by molar-refractivity contribution is -0.249. The lowest BCUT2D eigenvalue weighted by Gasteiger charge is -2.64. The van der Waals surface area contributed by atoms with Gasteiger partial charge in [0.1, 0.15) is 23.4 Å². The predicted molar refractivity (Wildman–Crippen MR) is 497 cm³/mol. The molecule has 6 saturated heterocycles. The van der Waals surface area contributed by atoms with E-state index < -0.39 is 51.2 Å². The van der Waals surface area contributed by atoms with Crippen LogP contribution in [-0.4, -0.2) is 245 Å². The maximum Gasteiger partial charge on any atom is 0.410 e. The monoisotopic (exact) mass is 1780 g/mol. The number of amides is 2. The van der Waals surface area contributed by atoms with Crippen LogP contribution in [0.2, 0.25) is 36.3 Å². The maximum atomic E-state index is 12.6. The fraction of sp³-hybridized carbons (Fsp3) is 0.980. The minimum Gasteiger partial charge on any atom is -0.444 e. The average molecular weight is 1780 g/mol. The second-order valence-corrected chi connectivity index (χ2v) is 58.7. The molecule has 3 N–H and O–H groups in total. The summed E-state index contributed by atoms with van der Waals surface area (Å²) in [4.78, 5) is 33.8. The van der Waals surface area contributed by atoms with Crippen molar-refractivity contribution in [2.75, 3.05) is 85.3 Å². The molecule has 2 unspecified atom stereocenters. The Hall–Kier alpha value is -1.59. The quantitative estimate of drug-likeness (QED) is 0.0767. The molecule has 22 heteroatoms. The molecule has 716 valence electrons. The third kappa shape index (κ3) is 16.4. The summed E-state index contributed by atoms with van der Waals surface area (Å²) in [6, 6.07) is 6.74. The standard InChI is InChI=1S/C51H90N2O8Si.C49H86N2O8Si.2CH4/c1-15-56-42(47(11,12)55)35-27-33(5)40-41(58-35)43(61-62(16-2,17-3)18-4)49(14)37-20-19-36-46(9,10)38(21-22-50(36)32-51(37,50)24-23-48(40,49)13)59-39-31-52(25-26-57-39)28-34-29-53(30-34)44(54)60-45(6,7)8;1-14-60(15-2,16-3)59-41-39-38(31(4)25-33(56-39)40(52)45(10,11)54)46(12)21-22-49-30-48(49)20-19-36(44(8,9)34(48)17-18-35(49)47(41,46)13)57-37-29-50(23-24-55-37)26-32-27-51(28-32)42(53)58-43(5,6)7;;/h33-43,55H,15-32H2,1-14H3;31-41,52,54H,14-30H2,1-13H3;2*1H4/t33-,35-,36+,37+,38+,39+,40+,41+,42+,43+,48-,49-,50?,51+;31-,33-,34+,35+,36+,37+,38+,39+,40+,41+,46-,47-,48?,49+;;/m11../s1. The molecule has 20 nitrogen and oxygen atoms in total. The summed E-state index contributed by atoms with van der Waals surface area (Å²) in [7, 11) is -4.09. The van der Waals surface area contributed by atoms with Gasteiger partial charge in [0.15, 0.2) is 29.2 Å². The molecule has 10 aliphatic carbocycles. The summed E-state index contributed by atoms with van der Waals surface area (Å²) in [5.74, 6) is 4.93. The maximum absolute atomic E-state index is 12.6. The zero-order valence-electron chi connectivity index (χ0n) is 81.9. The number of morpholine rings is 2. The van der Waals surface area contributed by atoms with Crippen molar-refractivity contribution in [3.63, 3.8) is 0 Å². The lowest BCUT2D eigenvalue weighted by atomic mass is 9.41. The number of rotatable bonds is 24. The molecule has 2 amide bonds. The highest BCUT2D eigenvalue weighted by atomic mass is 28.4. The van der Waals surface area contributed by atoms with E-state index in [2.05, 4.69) is 121 Å². The first-order chi connectivity index (χ1) is 56.9. The molecule has 6 aliphatic heterocycles. The molecule has 0 radical (unpaired) electrons. The zero-order valence-corrected chi connectivity index (χ0v) is 83.9. The Morgan fingerprint density at radius 1 is 0.476 bits per heavy atom. The number of likely N-dealkylation sites (tertiary alicyclic amines) is 2. The smallest absolute Gasteiger partial charge is 0.410 e. The average Bonchev–Trinajstić information content (AvgIpc) is 1.46. The Morgan fingerprint density at radius 2 is 0.831 bits per heavy atom. The predicted octanol–water partition coefficient (Wildman–Crippen LogP) is 20.1. The first kappa shape index (κ1) is 99.9. The Morgan fingerprint density at radius 3 is 1.18 bits per heavy atom. The zero-order chi connectivity index (χ0) is 88.7. The normalized spacial score (nSPS) is 43.5. The summed E-state index contributed by atoms with van der Waals surface area (Å²) in [5, 5.41) is 34.0. The second kappa shape index (κ2) is 35.0. The summed E-state index contributed by atoms with van der Waals surface area (Å²) in [6.45, 7) is 71.0. The van der Waals surface area contributed by atoms with Gasteiger partial charge in [-0.3, -0.25) is 9.80 Å². The van der Waals surface area contributed by atoms with Crippen molar-refractivity contribution >= 4 is 28.8 Å². The highest BCUT2D eigenvalue weighted by Gasteiger charge is 2.88. The Bertz CT molecular complexity index is 3660. The third-order valence-electron chi connectivity index (χ3n) is 39.7. The van der Waals surface area contributed by atoms with Crippen molar-refractivity contribution in [3.8, 4) is 0 Å². The molecular weight excluding hydrogens is 1590 g/mol. The van der Waals surface area contributed by atoms with Gasteiger partial charge >= 0.3 is 12.2 Å². The number of nitrogens with zero attached hydrogens (tertiary/aromatic N) is 4. The number of hydrogen-bond acceptors (Lipinski definition) is 18. The van der Waals surface area contributed by atoms with Crippen LogP contribution in [0.3, 0.4) is 0 Å². The molecule has 0 bridgehead atoms. The SMILES string of the molecule is C.C.CCO[C@@H]([C@H]1C[C@@H](C)[C@H]2[C@H](O1)[C@H](O[Si](CC)(CC)CC)[C@@]1(C)[C@@H]3CC[C@H]4C(C)(C)[C@@H](O[C@H]5CN(CC6CN(C(=O)OC(C)(C)C)C6)CCO5)CCC45C[C@@]35CC[C@]21C)C(C)(C)O.CC[Si](CC)(CC)O[C@H]1[C@H]2O[C@@H]([C@H](O)C(C)(C)O)C[C@@H](C)[C@@H]2[C@@]2(C)CC[C@@]34CC35CC[C@H](O[C@H]3CN(CC6CN(C(=O)OC(C)(C)C)C6)CCO3)C(C)(C)[C@@H]5CC[C@H]4[C@]12C. The number of aliphatic hydroxyl groups excluding tert-OH is 1. The van der Waals surface area contributed by atoms with E-state index in [0.29, 0.717) is 101 Å². The van der Waals surface area contributed by atoms with Gasteiger partial charge in [0.05, 0.1) is 73.2 Å². The first-order valence-electron chi connectivity index (χ1n) is 50.3. The van der Waals surface area contributed by atoms with Gasteiger partial charge in [-0.2, -0.15) is 0 Å². The molecule has 28 atom stereocenters. The second-order valence-electron chi connectivity index (χ2n) is 49.3. The Labute approximate surface area is 756 Å². The third-order valence-corrected chi connectivity index (χ3v) is 48.9. The van der Waals surface area contributed by atoms with E-state index in [1.165, 1.54) is 77.0 Å². The molecule has 16 aliphatic rings. The first-order valence-corrected chi connectivity index (χ1v) is 55.3. The number of carbonyl (C=O) groups excluding carboxylic acids is 2. The van der Waals surface area contributed by atoms with Gasteiger partial charge in [0.25, 0.3) is 0 Å². The van der Waals surface area contributed by atoms with Crippen LogP contribution in [0.15, 0.2) is 0 Å². The largest absolute Gasteiger partial charge is 0.444 e. The van der Waals surface area contributed by atoms with Crippen LogP contribution >= 0.6 is 0 Å². The number of carbonyl (C=O) groups is 2. The van der Waals surface area contributed by atoms with Gasteiger partial charge in [-0.25, -0.2) is 9.59 Å². The highest BCUT2D eigenvalue weighted by Crippen LogP contribution is 2.92. The van der Waals surface area contributed by atoms with Crippen LogP contribution in [0.5, 0.6) is 0 Å². The molecule has 4 spiro atoms. The van der Waals surface area contributed by atoms with E-state index in [0.717, 1.165) is 127 Å². The van der Waals surface area contributed by atoms with Crippen LogP contribution in [0.1, 0.15) is 305 Å². The lowest BCUT2D eigenvalue weighted by Crippen LogP contribution is -2.61. The number of hydrogen-bond donors (Lipinski definition) is 3. The summed E-state index contributed by atoms with van der Waals surface area (Å²) < 4.78 is 75.1. The van der Waals surface area contributed by atoms with Crippen LogP contribution in [0.25, 0.3) is 0 Å². The van der Waals surface area contributed by atoms with E-state index >= 15 is 0 Å². The van der Waals surface area contributed by atoms with Crippen molar-refractivity contribution in [1.29, 1.82) is 0 Å². The molecule has 16 rings (SSSR count). The Balaban J connectivity index is 0.000000210.